The Kier molecular flexibility index (Phi) is 6.94. The second-order valence-electron chi connectivity index (χ2n) is 6.00. The Morgan fingerprint density at radius 1 is 1.29 bits per heavy atom. The molecular formula is C18H21ClFN3S. The first-order chi connectivity index (χ1) is 11.5. The van der Waals surface area contributed by atoms with Crippen LogP contribution in [0.1, 0.15) is 25.0 Å². The highest BCUT2D eigenvalue weighted by Crippen LogP contribution is 2.21. The zero-order chi connectivity index (χ0) is 17.5. The van der Waals surface area contributed by atoms with Crippen molar-refractivity contribution in [3.63, 3.8) is 0 Å². The predicted octanol–water partition coefficient (Wildman–Crippen LogP) is 4.41. The molecule has 24 heavy (non-hydrogen) atoms. The van der Waals surface area contributed by atoms with Crippen LogP contribution in [-0.4, -0.2) is 21.5 Å². The van der Waals surface area contributed by atoms with Crippen molar-refractivity contribution in [1.29, 1.82) is 0 Å². The summed E-state index contributed by atoms with van der Waals surface area (Å²) >= 11 is 11.7. The van der Waals surface area contributed by atoms with Crippen LogP contribution in [0.25, 0.3) is 0 Å². The van der Waals surface area contributed by atoms with E-state index in [0.717, 1.165) is 12.1 Å². The van der Waals surface area contributed by atoms with Gasteiger partial charge >= 0.3 is 0 Å². The fraction of sp³-hybridized carbons (Fsp3) is 0.333. The van der Waals surface area contributed by atoms with E-state index in [-0.39, 0.29) is 5.82 Å². The molecule has 6 heteroatoms. The third kappa shape index (κ3) is 5.42. The van der Waals surface area contributed by atoms with Gasteiger partial charge in [0.15, 0.2) is 5.11 Å². The summed E-state index contributed by atoms with van der Waals surface area (Å²) in [5.41, 5.74) is 1.44. The van der Waals surface area contributed by atoms with Crippen LogP contribution < -0.4 is 5.32 Å². The quantitative estimate of drug-likeness (QED) is 0.767. The molecule has 0 fully saturated rings. The summed E-state index contributed by atoms with van der Waals surface area (Å²) in [7, 11) is 0. The number of halogens is 2. The fourth-order valence-electron chi connectivity index (χ4n) is 2.19. The zero-order valence-corrected chi connectivity index (χ0v) is 15.4. The molecule has 0 atom stereocenters. The first-order valence-electron chi connectivity index (χ1n) is 7.82. The number of nitrogens with one attached hydrogen (secondary N) is 1. The van der Waals surface area contributed by atoms with Crippen LogP contribution in [0.4, 0.5) is 4.39 Å². The molecule has 0 aliphatic heterocycles. The highest BCUT2D eigenvalue weighted by atomic mass is 35.5. The lowest BCUT2D eigenvalue weighted by Crippen LogP contribution is -2.40. The van der Waals surface area contributed by atoms with Crippen LogP contribution in [0.3, 0.4) is 0 Å². The van der Waals surface area contributed by atoms with E-state index in [2.05, 4.69) is 24.1 Å². The van der Waals surface area contributed by atoms with Crippen molar-refractivity contribution in [1.82, 2.24) is 15.2 Å². The molecule has 2 rings (SSSR count). The summed E-state index contributed by atoms with van der Waals surface area (Å²) in [6.07, 6.45) is 3.50. The molecule has 0 spiro atoms. The van der Waals surface area contributed by atoms with Gasteiger partial charge in [0.1, 0.15) is 5.82 Å². The molecule has 0 aliphatic carbocycles. The average Bonchev–Trinajstić information content (AvgIpc) is 2.56. The Morgan fingerprint density at radius 2 is 2.08 bits per heavy atom. The molecule has 1 heterocycles. The smallest absolute Gasteiger partial charge is 0.169 e. The summed E-state index contributed by atoms with van der Waals surface area (Å²) in [6.45, 7) is 5.80. The Balaban J connectivity index is 2.20. The number of hydrogen-bond donors (Lipinski definition) is 1. The van der Waals surface area contributed by atoms with E-state index in [0.29, 0.717) is 34.7 Å². The first-order valence-corrected chi connectivity index (χ1v) is 8.60. The number of benzene rings is 1. The second kappa shape index (κ2) is 8.94. The molecule has 1 aromatic carbocycles. The average molecular weight is 366 g/mol. The predicted molar refractivity (Wildman–Crippen MR) is 100 cm³/mol. The third-order valence-electron chi connectivity index (χ3n) is 3.46. The maximum absolute atomic E-state index is 14.1. The molecule has 1 aromatic heterocycles. The van der Waals surface area contributed by atoms with Gasteiger partial charge in [0, 0.05) is 42.6 Å². The molecule has 0 saturated carbocycles. The van der Waals surface area contributed by atoms with Crippen molar-refractivity contribution in [2.24, 2.45) is 5.92 Å². The maximum Gasteiger partial charge on any atom is 0.169 e. The number of hydrogen-bond acceptors (Lipinski definition) is 2. The standard InChI is InChI=1S/C18H21ClFN3S/c1-13(2)9-22-18(24)23(11-14-5-4-8-21-10-14)12-15-16(19)6-3-7-17(15)20/h3-8,10,13H,9,11-12H2,1-2H3,(H,22,24). The van der Waals surface area contributed by atoms with Gasteiger partial charge in [-0.25, -0.2) is 4.39 Å². The van der Waals surface area contributed by atoms with Crippen LogP contribution in [0.2, 0.25) is 5.02 Å². The van der Waals surface area contributed by atoms with Crippen LogP contribution in [-0.2, 0) is 13.1 Å². The van der Waals surface area contributed by atoms with Crippen LogP contribution in [0.5, 0.6) is 0 Å². The molecular weight excluding hydrogens is 345 g/mol. The molecule has 0 bridgehead atoms. The van der Waals surface area contributed by atoms with Gasteiger partial charge in [-0.3, -0.25) is 4.98 Å². The van der Waals surface area contributed by atoms with Gasteiger partial charge in [-0.1, -0.05) is 37.6 Å². The van der Waals surface area contributed by atoms with Gasteiger partial charge in [-0.15, -0.1) is 0 Å². The monoisotopic (exact) mass is 365 g/mol. The van der Waals surface area contributed by atoms with E-state index in [9.17, 15) is 4.39 Å². The number of pyridine rings is 1. The highest BCUT2D eigenvalue weighted by Gasteiger charge is 2.16. The van der Waals surface area contributed by atoms with E-state index in [1.54, 1.807) is 24.5 Å². The summed E-state index contributed by atoms with van der Waals surface area (Å²) in [5.74, 6) is 0.130. The number of aromatic nitrogens is 1. The molecule has 0 saturated heterocycles. The van der Waals surface area contributed by atoms with Crippen molar-refractivity contribution in [3.8, 4) is 0 Å². The van der Waals surface area contributed by atoms with E-state index in [4.69, 9.17) is 23.8 Å². The lowest BCUT2D eigenvalue weighted by molar-refractivity contribution is 0.387. The highest BCUT2D eigenvalue weighted by molar-refractivity contribution is 7.80. The normalized spacial score (nSPS) is 10.7. The maximum atomic E-state index is 14.1. The minimum atomic E-state index is -0.328. The van der Waals surface area contributed by atoms with Crippen molar-refractivity contribution in [2.75, 3.05) is 6.54 Å². The largest absolute Gasteiger partial charge is 0.362 e. The van der Waals surface area contributed by atoms with E-state index in [1.165, 1.54) is 6.07 Å². The number of rotatable bonds is 6. The molecule has 3 nitrogen and oxygen atoms in total. The minimum Gasteiger partial charge on any atom is -0.362 e. The van der Waals surface area contributed by atoms with Crippen molar-refractivity contribution >= 4 is 28.9 Å². The third-order valence-corrected chi connectivity index (χ3v) is 4.21. The van der Waals surface area contributed by atoms with Crippen molar-refractivity contribution in [2.45, 2.75) is 26.9 Å². The fourth-order valence-corrected chi connectivity index (χ4v) is 2.62. The molecule has 0 aliphatic rings. The first kappa shape index (κ1) is 18.6. The lowest BCUT2D eigenvalue weighted by atomic mass is 10.2. The summed E-state index contributed by atoms with van der Waals surface area (Å²) in [4.78, 5) is 6.02. The second-order valence-corrected chi connectivity index (χ2v) is 6.79. The Morgan fingerprint density at radius 3 is 2.71 bits per heavy atom. The van der Waals surface area contributed by atoms with E-state index < -0.39 is 0 Å². The lowest BCUT2D eigenvalue weighted by Gasteiger charge is -2.27. The van der Waals surface area contributed by atoms with Gasteiger partial charge in [-0.05, 0) is 41.9 Å². The van der Waals surface area contributed by atoms with Gasteiger partial charge in [0.2, 0.25) is 0 Å². The van der Waals surface area contributed by atoms with E-state index >= 15 is 0 Å². The molecule has 1 N–H and O–H groups in total. The summed E-state index contributed by atoms with van der Waals surface area (Å²) < 4.78 is 14.1. The van der Waals surface area contributed by atoms with Gasteiger partial charge in [-0.2, -0.15) is 0 Å². The van der Waals surface area contributed by atoms with Gasteiger partial charge in [0.25, 0.3) is 0 Å². The summed E-state index contributed by atoms with van der Waals surface area (Å²) in [6, 6.07) is 8.53. The van der Waals surface area contributed by atoms with Crippen LogP contribution in [0, 0.1) is 11.7 Å². The van der Waals surface area contributed by atoms with Gasteiger partial charge in [0.05, 0.1) is 0 Å². The topological polar surface area (TPSA) is 28.2 Å². The van der Waals surface area contributed by atoms with Crippen molar-refractivity contribution in [3.05, 3.63) is 64.7 Å². The van der Waals surface area contributed by atoms with Gasteiger partial charge < -0.3 is 10.2 Å². The van der Waals surface area contributed by atoms with Crippen molar-refractivity contribution < 1.29 is 4.39 Å². The number of thiocarbonyl (C=S) groups is 1. The Bertz CT molecular complexity index is 659. The molecule has 2 aromatic rings. The molecule has 0 radical (unpaired) electrons. The molecule has 0 amide bonds. The Labute approximate surface area is 152 Å². The summed E-state index contributed by atoms with van der Waals surface area (Å²) in [5, 5.41) is 4.21. The minimum absolute atomic E-state index is 0.296. The van der Waals surface area contributed by atoms with Crippen LogP contribution >= 0.6 is 23.8 Å². The number of nitrogens with zero attached hydrogens (tertiary/aromatic N) is 2. The zero-order valence-electron chi connectivity index (χ0n) is 13.8. The SMILES string of the molecule is CC(C)CNC(=S)N(Cc1cccnc1)Cc1c(F)cccc1Cl. The molecule has 128 valence electrons. The Hall–Kier alpha value is -1.72. The molecule has 0 unspecified atom stereocenters. The van der Waals surface area contributed by atoms with E-state index in [1.807, 2.05) is 17.0 Å². The van der Waals surface area contributed by atoms with Crippen LogP contribution in [0.15, 0.2) is 42.7 Å².